The number of para-hydroxylation sites is 1. The highest BCUT2D eigenvalue weighted by Gasteiger charge is 2.35. The van der Waals surface area contributed by atoms with Crippen LogP contribution in [-0.4, -0.2) is 14.8 Å². The van der Waals surface area contributed by atoms with Crippen molar-refractivity contribution in [3.8, 4) is 5.69 Å². The van der Waals surface area contributed by atoms with E-state index in [-0.39, 0.29) is 5.69 Å². The van der Waals surface area contributed by atoms with Gasteiger partial charge in [-0.2, -0.15) is 5.10 Å². The highest BCUT2D eigenvalue weighted by Crippen LogP contribution is 2.34. The minimum Gasteiger partial charge on any atom is -0.319 e. The summed E-state index contributed by atoms with van der Waals surface area (Å²) < 4.78 is 1.51. The molecule has 3 rings (SSSR count). The number of nitrogens with one attached hydrogen (secondary N) is 1. The van der Waals surface area contributed by atoms with Crippen LogP contribution in [0.2, 0.25) is 5.02 Å². The first-order valence-corrected chi connectivity index (χ1v) is 7.21. The number of H-pyrrole nitrogens is 1. The Balaban J connectivity index is 2.15. The molecule has 0 spiro atoms. The molecule has 1 aromatic carbocycles. The van der Waals surface area contributed by atoms with E-state index in [0.717, 1.165) is 25.7 Å². The van der Waals surface area contributed by atoms with E-state index in [0.29, 0.717) is 16.5 Å². The number of benzene rings is 1. The molecule has 0 radical (unpaired) electrons. The van der Waals surface area contributed by atoms with Crippen LogP contribution in [0.4, 0.5) is 0 Å². The van der Waals surface area contributed by atoms with Crippen LogP contribution in [0.5, 0.6) is 0 Å². The van der Waals surface area contributed by atoms with Gasteiger partial charge in [0.05, 0.1) is 16.2 Å². The predicted octanol–water partition coefficient (Wildman–Crippen LogP) is 2.33. The molecular formula is C14H17ClN4O. The first kappa shape index (κ1) is 13.4. The molecule has 2 aromatic rings. The van der Waals surface area contributed by atoms with Crippen LogP contribution in [0.3, 0.4) is 0 Å². The molecule has 3 N–H and O–H groups in total. The van der Waals surface area contributed by atoms with Gasteiger partial charge in [-0.1, -0.05) is 43.0 Å². The third-order valence-electron chi connectivity index (χ3n) is 3.96. The Bertz CT molecular complexity index is 670. The van der Waals surface area contributed by atoms with Gasteiger partial charge in [0.25, 0.3) is 0 Å². The highest BCUT2D eigenvalue weighted by molar-refractivity contribution is 6.32. The Hall–Kier alpha value is -1.59. The zero-order valence-electron chi connectivity index (χ0n) is 11.1. The van der Waals surface area contributed by atoms with E-state index < -0.39 is 5.54 Å². The average Bonchev–Trinajstić information content (AvgIpc) is 2.83. The summed E-state index contributed by atoms with van der Waals surface area (Å²) in [6.07, 6.45) is 4.96. The van der Waals surface area contributed by atoms with E-state index in [4.69, 9.17) is 17.3 Å². The molecule has 0 aliphatic heterocycles. The lowest BCUT2D eigenvalue weighted by molar-refractivity contribution is 0.283. The topological polar surface area (TPSA) is 76.7 Å². The maximum Gasteiger partial charge on any atom is 0.348 e. The summed E-state index contributed by atoms with van der Waals surface area (Å²) in [4.78, 5) is 12.1. The number of hydrogen-bond donors (Lipinski definition) is 2. The van der Waals surface area contributed by atoms with Crippen LogP contribution in [0.15, 0.2) is 29.1 Å². The second-order valence-corrected chi connectivity index (χ2v) is 5.76. The first-order chi connectivity index (χ1) is 9.62. The van der Waals surface area contributed by atoms with E-state index in [1.54, 1.807) is 12.1 Å². The molecule has 1 heterocycles. The lowest BCUT2D eigenvalue weighted by atomic mass is 9.82. The molecule has 1 saturated carbocycles. The summed E-state index contributed by atoms with van der Waals surface area (Å²) in [7, 11) is 0. The van der Waals surface area contributed by atoms with Gasteiger partial charge in [-0.3, -0.25) is 0 Å². The summed E-state index contributed by atoms with van der Waals surface area (Å²) in [5.41, 5.74) is 6.26. The Morgan fingerprint density at radius 2 is 1.95 bits per heavy atom. The van der Waals surface area contributed by atoms with Crippen LogP contribution >= 0.6 is 11.6 Å². The maximum absolute atomic E-state index is 12.1. The molecule has 1 aliphatic carbocycles. The van der Waals surface area contributed by atoms with Gasteiger partial charge in [-0.25, -0.2) is 14.5 Å². The molecule has 6 heteroatoms. The van der Waals surface area contributed by atoms with Gasteiger partial charge in [0.1, 0.15) is 0 Å². The van der Waals surface area contributed by atoms with Gasteiger partial charge in [-0.15, -0.1) is 0 Å². The van der Waals surface area contributed by atoms with Gasteiger partial charge >= 0.3 is 5.69 Å². The first-order valence-electron chi connectivity index (χ1n) is 6.83. The quantitative estimate of drug-likeness (QED) is 0.892. The lowest BCUT2D eigenvalue weighted by Gasteiger charge is -2.32. The Labute approximate surface area is 121 Å². The minimum atomic E-state index is -0.559. The molecule has 0 saturated heterocycles. The summed E-state index contributed by atoms with van der Waals surface area (Å²) >= 11 is 6.20. The second-order valence-electron chi connectivity index (χ2n) is 5.36. The smallest absolute Gasteiger partial charge is 0.319 e. The standard InChI is InChI=1S/C14H17ClN4O/c15-10-6-2-3-7-11(10)19-12(17-18-13(19)20)14(16)8-4-1-5-9-14/h2-3,6-7H,1,4-5,8-9,16H2,(H,18,20). The summed E-state index contributed by atoms with van der Waals surface area (Å²) in [5, 5.41) is 7.19. The molecule has 5 nitrogen and oxygen atoms in total. The predicted molar refractivity (Wildman–Crippen MR) is 78.1 cm³/mol. The normalized spacial score (nSPS) is 18.1. The van der Waals surface area contributed by atoms with Gasteiger partial charge in [-0.05, 0) is 25.0 Å². The number of nitrogens with zero attached hydrogens (tertiary/aromatic N) is 2. The van der Waals surface area contributed by atoms with Crippen molar-refractivity contribution in [1.29, 1.82) is 0 Å². The number of halogens is 1. The second kappa shape index (κ2) is 5.07. The number of aromatic amines is 1. The molecule has 0 bridgehead atoms. The fourth-order valence-corrected chi connectivity index (χ4v) is 3.11. The van der Waals surface area contributed by atoms with E-state index >= 15 is 0 Å². The van der Waals surface area contributed by atoms with Crippen LogP contribution in [0, 0.1) is 0 Å². The van der Waals surface area contributed by atoms with Crippen molar-refractivity contribution < 1.29 is 0 Å². The minimum absolute atomic E-state index is 0.302. The Morgan fingerprint density at radius 3 is 2.65 bits per heavy atom. The fraction of sp³-hybridized carbons (Fsp3) is 0.429. The molecule has 106 valence electrons. The van der Waals surface area contributed by atoms with Gasteiger partial charge in [0.15, 0.2) is 5.82 Å². The zero-order chi connectivity index (χ0) is 14.2. The largest absolute Gasteiger partial charge is 0.348 e. The third kappa shape index (κ3) is 2.17. The molecular weight excluding hydrogens is 276 g/mol. The molecule has 1 aromatic heterocycles. The number of nitrogens with two attached hydrogens (primary N) is 1. The fourth-order valence-electron chi connectivity index (χ4n) is 2.89. The van der Waals surface area contributed by atoms with Gasteiger partial charge in [0.2, 0.25) is 0 Å². The van der Waals surface area contributed by atoms with E-state index in [2.05, 4.69) is 10.2 Å². The third-order valence-corrected chi connectivity index (χ3v) is 4.28. The summed E-state index contributed by atoms with van der Waals surface area (Å²) in [5.74, 6) is 0.579. The van der Waals surface area contributed by atoms with Crippen molar-refractivity contribution >= 4 is 11.6 Å². The van der Waals surface area contributed by atoms with E-state index in [1.807, 2.05) is 12.1 Å². The summed E-state index contributed by atoms with van der Waals surface area (Å²) in [6, 6.07) is 7.23. The number of rotatable bonds is 2. The van der Waals surface area contributed by atoms with Crippen LogP contribution in [0.1, 0.15) is 37.9 Å². The van der Waals surface area contributed by atoms with Crippen molar-refractivity contribution in [2.45, 2.75) is 37.6 Å². The molecule has 20 heavy (non-hydrogen) atoms. The van der Waals surface area contributed by atoms with Crippen molar-refractivity contribution in [1.82, 2.24) is 14.8 Å². The van der Waals surface area contributed by atoms with Crippen LogP contribution < -0.4 is 11.4 Å². The summed E-state index contributed by atoms with van der Waals surface area (Å²) in [6.45, 7) is 0. The van der Waals surface area contributed by atoms with Crippen LogP contribution in [-0.2, 0) is 5.54 Å². The highest BCUT2D eigenvalue weighted by atomic mass is 35.5. The SMILES string of the molecule is NC1(c2n[nH]c(=O)n2-c2ccccc2Cl)CCCCC1. The monoisotopic (exact) mass is 292 g/mol. The van der Waals surface area contributed by atoms with Crippen molar-refractivity contribution in [3.63, 3.8) is 0 Å². The van der Waals surface area contributed by atoms with Crippen molar-refractivity contribution in [2.75, 3.05) is 0 Å². The molecule has 1 aliphatic rings. The number of aromatic nitrogens is 3. The molecule has 0 atom stereocenters. The maximum atomic E-state index is 12.1. The lowest BCUT2D eigenvalue weighted by Crippen LogP contribution is -2.42. The van der Waals surface area contributed by atoms with Crippen LogP contribution in [0.25, 0.3) is 5.69 Å². The molecule has 1 fully saturated rings. The molecule has 0 amide bonds. The van der Waals surface area contributed by atoms with Crippen molar-refractivity contribution in [2.24, 2.45) is 5.73 Å². The average molecular weight is 293 g/mol. The Morgan fingerprint density at radius 1 is 1.25 bits per heavy atom. The molecule has 0 unspecified atom stereocenters. The van der Waals surface area contributed by atoms with Gasteiger partial charge < -0.3 is 5.73 Å². The van der Waals surface area contributed by atoms with Crippen molar-refractivity contribution in [3.05, 3.63) is 45.6 Å². The van der Waals surface area contributed by atoms with E-state index in [1.165, 1.54) is 11.0 Å². The Kier molecular flexibility index (Phi) is 3.40. The van der Waals surface area contributed by atoms with Gasteiger partial charge in [0, 0.05) is 0 Å². The van der Waals surface area contributed by atoms with E-state index in [9.17, 15) is 4.79 Å². The number of hydrogen-bond acceptors (Lipinski definition) is 3. The zero-order valence-corrected chi connectivity index (χ0v) is 11.9.